The van der Waals surface area contributed by atoms with E-state index in [1.54, 1.807) is 6.07 Å². The van der Waals surface area contributed by atoms with Crippen molar-refractivity contribution in [1.82, 2.24) is 0 Å². The summed E-state index contributed by atoms with van der Waals surface area (Å²) in [5.74, 6) is 0.404. The third-order valence-electron chi connectivity index (χ3n) is 1.52. The number of thioether (sulfide) groups is 1. The summed E-state index contributed by atoms with van der Waals surface area (Å²) in [7, 11) is 0. The number of aliphatic hydroxyl groups is 1. The van der Waals surface area contributed by atoms with Gasteiger partial charge in [-0.1, -0.05) is 6.07 Å². The molecule has 1 aromatic rings. The summed E-state index contributed by atoms with van der Waals surface area (Å²) in [5.41, 5.74) is -0.652. The van der Waals surface area contributed by atoms with Crippen LogP contribution in [-0.2, 0) is 6.18 Å². The largest absolute Gasteiger partial charge is 0.416 e. The average Bonchev–Trinajstić information content (AvgIpc) is 2.14. The van der Waals surface area contributed by atoms with Gasteiger partial charge in [-0.2, -0.15) is 13.2 Å². The Balaban J connectivity index is 2.79. The molecule has 0 saturated carbocycles. The molecule has 0 amide bonds. The molecule has 0 aromatic heterocycles. The van der Waals surface area contributed by atoms with E-state index in [0.717, 1.165) is 12.1 Å². The first kappa shape index (κ1) is 11.4. The van der Waals surface area contributed by atoms with E-state index in [1.165, 1.54) is 17.8 Å². The third kappa shape index (κ3) is 3.23. The normalized spacial score (nSPS) is 11.7. The molecular formula is C9H9F3OS. The summed E-state index contributed by atoms with van der Waals surface area (Å²) in [5, 5.41) is 8.51. The molecule has 0 atom stereocenters. The van der Waals surface area contributed by atoms with Gasteiger partial charge in [-0.15, -0.1) is 11.8 Å². The summed E-state index contributed by atoms with van der Waals surface area (Å²) < 4.78 is 36.7. The maximum atomic E-state index is 12.2. The minimum Gasteiger partial charge on any atom is -0.396 e. The van der Waals surface area contributed by atoms with E-state index in [1.807, 2.05) is 0 Å². The van der Waals surface area contributed by atoms with Crippen LogP contribution in [0.3, 0.4) is 0 Å². The summed E-state index contributed by atoms with van der Waals surface area (Å²) in [4.78, 5) is 0.522. The fourth-order valence-corrected chi connectivity index (χ4v) is 1.64. The molecule has 1 nitrogen and oxygen atoms in total. The second-order valence-corrected chi connectivity index (χ2v) is 3.77. The molecule has 0 unspecified atom stereocenters. The maximum Gasteiger partial charge on any atom is 0.416 e. The highest BCUT2D eigenvalue weighted by molar-refractivity contribution is 7.99. The molecular weight excluding hydrogens is 213 g/mol. The number of aliphatic hydroxyl groups excluding tert-OH is 1. The first-order valence-corrected chi connectivity index (χ1v) is 4.93. The van der Waals surface area contributed by atoms with Gasteiger partial charge in [0.05, 0.1) is 12.2 Å². The Kier molecular flexibility index (Phi) is 3.83. The number of halogens is 3. The van der Waals surface area contributed by atoms with Gasteiger partial charge in [0.15, 0.2) is 0 Å². The van der Waals surface area contributed by atoms with Gasteiger partial charge >= 0.3 is 6.18 Å². The second kappa shape index (κ2) is 4.70. The van der Waals surface area contributed by atoms with Crippen LogP contribution in [0.4, 0.5) is 13.2 Å². The van der Waals surface area contributed by atoms with Crippen molar-refractivity contribution >= 4 is 11.8 Å². The Morgan fingerprint density at radius 3 is 2.57 bits per heavy atom. The topological polar surface area (TPSA) is 20.2 Å². The zero-order chi connectivity index (χ0) is 10.6. The van der Waals surface area contributed by atoms with Crippen LogP contribution in [0.15, 0.2) is 29.2 Å². The lowest BCUT2D eigenvalue weighted by molar-refractivity contribution is -0.137. The number of rotatable bonds is 3. The summed E-state index contributed by atoms with van der Waals surface area (Å²) in [6.45, 7) is -0.0408. The van der Waals surface area contributed by atoms with E-state index in [9.17, 15) is 13.2 Å². The van der Waals surface area contributed by atoms with Gasteiger partial charge < -0.3 is 5.11 Å². The highest BCUT2D eigenvalue weighted by Gasteiger charge is 2.30. The molecule has 1 rings (SSSR count). The molecule has 0 radical (unpaired) electrons. The van der Waals surface area contributed by atoms with Crippen LogP contribution in [0, 0.1) is 0 Å². The SMILES string of the molecule is OCCSc1cccc(C(F)(F)F)c1. The van der Waals surface area contributed by atoms with Crippen LogP contribution in [0.5, 0.6) is 0 Å². The Bertz CT molecular complexity index is 298. The van der Waals surface area contributed by atoms with Crippen molar-refractivity contribution in [2.45, 2.75) is 11.1 Å². The summed E-state index contributed by atoms with van der Waals surface area (Å²) in [6, 6.07) is 5.07. The lowest BCUT2D eigenvalue weighted by Gasteiger charge is -2.07. The average molecular weight is 222 g/mol. The van der Waals surface area contributed by atoms with E-state index >= 15 is 0 Å². The monoisotopic (exact) mass is 222 g/mol. The molecule has 0 bridgehead atoms. The molecule has 0 saturated heterocycles. The molecule has 0 aliphatic heterocycles. The van der Waals surface area contributed by atoms with E-state index < -0.39 is 11.7 Å². The fourth-order valence-electron chi connectivity index (χ4n) is 0.926. The number of hydrogen-bond donors (Lipinski definition) is 1. The van der Waals surface area contributed by atoms with E-state index in [2.05, 4.69) is 0 Å². The van der Waals surface area contributed by atoms with Gasteiger partial charge in [0.25, 0.3) is 0 Å². The molecule has 0 spiro atoms. The number of hydrogen-bond acceptors (Lipinski definition) is 2. The van der Waals surface area contributed by atoms with Gasteiger partial charge in [0.2, 0.25) is 0 Å². The number of benzene rings is 1. The van der Waals surface area contributed by atoms with Gasteiger partial charge in [-0.25, -0.2) is 0 Å². The van der Waals surface area contributed by atoms with E-state index in [-0.39, 0.29) is 6.61 Å². The highest BCUT2D eigenvalue weighted by atomic mass is 32.2. The standard InChI is InChI=1S/C9H9F3OS/c10-9(11,12)7-2-1-3-8(6-7)14-5-4-13/h1-3,6,13H,4-5H2. The van der Waals surface area contributed by atoms with Crippen molar-refractivity contribution in [3.05, 3.63) is 29.8 Å². The molecule has 1 N–H and O–H groups in total. The van der Waals surface area contributed by atoms with E-state index in [0.29, 0.717) is 10.6 Å². The Hall–Kier alpha value is -0.680. The predicted octanol–water partition coefficient (Wildman–Crippen LogP) is 2.79. The smallest absolute Gasteiger partial charge is 0.396 e. The fraction of sp³-hybridized carbons (Fsp3) is 0.333. The Morgan fingerprint density at radius 1 is 1.29 bits per heavy atom. The first-order valence-electron chi connectivity index (χ1n) is 3.95. The van der Waals surface area contributed by atoms with Crippen molar-refractivity contribution in [2.75, 3.05) is 12.4 Å². The van der Waals surface area contributed by atoms with Crippen LogP contribution in [-0.4, -0.2) is 17.5 Å². The minimum absolute atomic E-state index is 0.0408. The van der Waals surface area contributed by atoms with Crippen LogP contribution in [0.1, 0.15) is 5.56 Å². The lowest BCUT2D eigenvalue weighted by atomic mass is 10.2. The van der Waals surface area contributed by atoms with Gasteiger partial charge in [0.1, 0.15) is 0 Å². The van der Waals surface area contributed by atoms with Gasteiger partial charge in [-0.3, -0.25) is 0 Å². The molecule has 0 aliphatic rings. The minimum atomic E-state index is -4.30. The molecule has 14 heavy (non-hydrogen) atoms. The molecule has 0 heterocycles. The lowest BCUT2D eigenvalue weighted by Crippen LogP contribution is -2.04. The molecule has 5 heteroatoms. The summed E-state index contributed by atoms with van der Waals surface area (Å²) >= 11 is 1.20. The zero-order valence-electron chi connectivity index (χ0n) is 7.21. The molecule has 0 aliphatic carbocycles. The molecule has 1 aromatic carbocycles. The second-order valence-electron chi connectivity index (χ2n) is 2.60. The Morgan fingerprint density at radius 2 is 2.00 bits per heavy atom. The van der Waals surface area contributed by atoms with Crippen molar-refractivity contribution in [2.24, 2.45) is 0 Å². The van der Waals surface area contributed by atoms with E-state index in [4.69, 9.17) is 5.11 Å². The zero-order valence-corrected chi connectivity index (χ0v) is 8.03. The highest BCUT2D eigenvalue weighted by Crippen LogP contribution is 2.31. The quantitative estimate of drug-likeness (QED) is 0.793. The molecule has 78 valence electrons. The van der Waals surface area contributed by atoms with Gasteiger partial charge in [0, 0.05) is 10.6 Å². The predicted molar refractivity (Wildman–Crippen MR) is 49.3 cm³/mol. The van der Waals surface area contributed by atoms with Crippen molar-refractivity contribution in [3.63, 3.8) is 0 Å². The first-order chi connectivity index (χ1) is 6.54. The van der Waals surface area contributed by atoms with Crippen molar-refractivity contribution < 1.29 is 18.3 Å². The van der Waals surface area contributed by atoms with Gasteiger partial charge in [-0.05, 0) is 18.2 Å². The van der Waals surface area contributed by atoms with Crippen LogP contribution in [0.2, 0.25) is 0 Å². The van der Waals surface area contributed by atoms with Crippen LogP contribution < -0.4 is 0 Å². The maximum absolute atomic E-state index is 12.2. The summed E-state index contributed by atoms with van der Waals surface area (Å²) in [6.07, 6.45) is -4.30. The van der Waals surface area contributed by atoms with Crippen molar-refractivity contribution in [3.8, 4) is 0 Å². The van der Waals surface area contributed by atoms with Crippen LogP contribution in [0.25, 0.3) is 0 Å². The van der Waals surface area contributed by atoms with Crippen molar-refractivity contribution in [1.29, 1.82) is 0 Å². The molecule has 0 fully saturated rings. The third-order valence-corrected chi connectivity index (χ3v) is 2.50. The Labute approximate surface area is 83.9 Å². The van der Waals surface area contributed by atoms with Crippen LogP contribution >= 0.6 is 11.8 Å². The number of alkyl halides is 3.